The maximum Gasteiger partial charge on any atom is 0.131 e. The van der Waals surface area contributed by atoms with Gasteiger partial charge in [0.15, 0.2) is 0 Å². The topological polar surface area (TPSA) is 68.0 Å². The van der Waals surface area contributed by atoms with Gasteiger partial charge in [0.1, 0.15) is 6.23 Å². The van der Waals surface area contributed by atoms with Gasteiger partial charge >= 0.3 is 0 Å². The van der Waals surface area contributed by atoms with E-state index in [9.17, 15) is 5.11 Å². The van der Waals surface area contributed by atoms with Gasteiger partial charge in [-0.1, -0.05) is 0 Å². The van der Waals surface area contributed by atoms with E-state index in [4.69, 9.17) is 15.2 Å². The van der Waals surface area contributed by atoms with Crippen LogP contribution in [-0.4, -0.2) is 62.3 Å². The number of aliphatic hydroxyl groups is 1. The van der Waals surface area contributed by atoms with Crippen LogP contribution in [0.15, 0.2) is 0 Å². The zero-order chi connectivity index (χ0) is 9.68. The van der Waals surface area contributed by atoms with E-state index in [2.05, 4.69) is 0 Å². The fraction of sp³-hybridized carbons (Fsp3) is 1.00. The third-order valence-corrected chi connectivity index (χ3v) is 2.17. The number of morpholine rings is 1. The molecule has 5 nitrogen and oxygen atoms in total. The van der Waals surface area contributed by atoms with Crippen LogP contribution in [0.1, 0.15) is 0 Å². The van der Waals surface area contributed by atoms with Crippen LogP contribution in [0.2, 0.25) is 0 Å². The average molecular weight is 190 g/mol. The lowest BCUT2D eigenvalue weighted by Gasteiger charge is -2.35. The first kappa shape index (κ1) is 10.9. The highest BCUT2D eigenvalue weighted by Crippen LogP contribution is 2.06. The first-order valence-corrected chi connectivity index (χ1v) is 4.50. The summed E-state index contributed by atoms with van der Waals surface area (Å²) < 4.78 is 10.2. The van der Waals surface area contributed by atoms with E-state index in [1.165, 1.54) is 0 Å². The van der Waals surface area contributed by atoms with E-state index in [1.54, 1.807) is 7.11 Å². The van der Waals surface area contributed by atoms with Crippen molar-refractivity contribution in [3.8, 4) is 0 Å². The van der Waals surface area contributed by atoms with Crippen molar-refractivity contribution in [2.45, 2.75) is 12.3 Å². The normalized spacial score (nSPS) is 27.5. The standard InChI is InChI=1S/C8H18N2O3/c1-12-6-8(11)10-2-3-13-7(4-9)5-10/h7-8,11H,2-6,9H2,1H3/t7-,8?/m0/s1. The largest absolute Gasteiger partial charge is 0.381 e. The minimum atomic E-state index is -0.539. The Kier molecular flexibility index (Phi) is 4.61. The summed E-state index contributed by atoms with van der Waals surface area (Å²) in [6.45, 7) is 2.87. The molecule has 0 aromatic carbocycles. The Hall–Kier alpha value is -0.200. The number of hydrogen-bond acceptors (Lipinski definition) is 5. The molecule has 1 fully saturated rings. The first-order valence-electron chi connectivity index (χ1n) is 4.50. The molecule has 1 heterocycles. The molecule has 0 amide bonds. The van der Waals surface area contributed by atoms with Crippen molar-refractivity contribution in [1.82, 2.24) is 4.90 Å². The predicted molar refractivity (Wildman–Crippen MR) is 48.3 cm³/mol. The lowest BCUT2D eigenvalue weighted by molar-refractivity contribution is -0.110. The Morgan fingerprint density at radius 2 is 2.54 bits per heavy atom. The van der Waals surface area contributed by atoms with Crippen LogP contribution < -0.4 is 5.73 Å². The average Bonchev–Trinajstić information content (AvgIpc) is 2.18. The molecule has 13 heavy (non-hydrogen) atoms. The second kappa shape index (κ2) is 5.51. The maximum absolute atomic E-state index is 9.59. The van der Waals surface area contributed by atoms with Crippen LogP contribution in [0.4, 0.5) is 0 Å². The van der Waals surface area contributed by atoms with E-state index >= 15 is 0 Å². The van der Waals surface area contributed by atoms with Crippen molar-refractivity contribution in [2.24, 2.45) is 5.73 Å². The highest BCUT2D eigenvalue weighted by atomic mass is 16.5. The second-order valence-electron chi connectivity index (χ2n) is 3.16. The predicted octanol–water partition coefficient (Wildman–Crippen LogP) is -1.39. The molecular weight excluding hydrogens is 172 g/mol. The number of rotatable bonds is 4. The molecule has 1 rings (SSSR count). The van der Waals surface area contributed by atoms with Crippen LogP contribution in [-0.2, 0) is 9.47 Å². The quantitative estimate of drug-likeness (QED) is 0.571. The van der Waals surface area contributed by atoms with Gasteiger partial charge in [0.05, 0.1) is 19.3 Å². The Morgan fingerprint density at radius 3 is 3.15 bits per heavy atom. The molecule has 1 aliphatic heterocycles. The van der Waals surface area contributed by atoms with Crippen LogP contribution in [0.3, 0.4) is 0 Å². The molecule has 1 unspecified atom stereocenters. The molecule has 0 saturated carbocycles. The Morgan fingerprint density at radius 1 is 1.77 bits per heavy atom. The highest BCUT2D eigenvalue weighted by Gasteiger charge is 2.23. The SMILES string of the molecule is COCC(O)N1CCO[C@@H](CN)C1. The van der Waals surface area contributed by atoms with Gasteiger partial charge in [0.2, 0.25) is 0 Å². The van der Waals surface area contributed by atoms with Gasteiger partial charge in [-0.2, -0.15) is 0 Å². The van der Waals surface area contributed by atoms with Crippen molar-refractivity contribution in [2.75, 3.05) is 40.0 Å². The summed E-state index contributed by atoms with van der Waals surface area (Å²) in [5.74, 6) is 0. The van der Waals surface area contributed by atoms with Gasteiger partial charge in [-0.25, -0.2) is 0 Å². The van der Waals surface area contributed by atoms with Crippen LogP contribution in [0, 0.1) is 0 Å². The Bertz CT molecular complexity index is 145. The summed E-state index contributed by atoms with van der Waals surface area (Å²) in [7, 11) is 1.57. The molecular formula is C8H18N2O3. The molecule has 2 atom stereocenters. The van der Waals surface area contributed by atoms with Gasteiger partial charge < -0.3 is 20.3 Å². The summed E-state index contributed by atoms with van der Waals surface area (Å²) in [4.78, 5) is 1.92. The fourth-order valence-electron chi connectivity index (χ4n) is 1.41. The van der Waals surface area contributed by atoms with Crippen LogP contribution in [0.5, 0.6) is 0 Å². The number of aliphatic hydroxyl groups excluding tert-OH is 1. The molecule has 0 radical (unpaired) electrons. The summed E-state index contributed by atoms with van der Waals surface area (Å²) in [6, 6.07) is 0. The third kappa shape index (κ3) is 3.21. The molecule has 1 saturated heterocycles. The van der Waals surface area contributed by atoms with E-state index < -0.39 is 6.23 Å². The molecule has 5 heteroatoms. The first-order chi connectivity index (χ1) is 6.27. The highest BCUT2D eigenvalue weighted by molar-refractivity contribution is 4.73. The smallest absolute Gasteiger partial charge is 0.131 e. The molecule has 1 aliphatic rings. The fourth-order valence-corrected chi connectivity index (χ4v) is 1.41. The second-order valence-corrected chi connectivity index (χ2v) is 3.16. The van der Waals surface area contributed by atoms with Gasteiger partial charge in [0.25, 0.3) is 0 Å². The third-order valence-electron chi connectivity index (χ3n) is 2.17. The lowest BCUT2D eigenvalue weighted by Crippen LogP contribution is -2.51. The van der Waals surface area contributed by atoms with E-state index in [-0.39, 0.29) is 6.10 Å². The minimum absolute atomic E-state index is 0.0419. The zero-order valence-electron chi connectivity index (χ0n) is 7.98. The maximum atomic E-state index is 9.59. The number of hydrogen-bond donors (Lipinski definition) is 2. The molecule has 78 valence electrons. The molecule has 0 aliphatic carbocycles. The summed E-state index contributed by atoms with van der Waals surface area (Å²) in [5.41, 5.74) is 5.48. The molecule has 0 spiro atoms. The molecule has 0 aromatic heterocycles. The van der Waals surface area contributed by atoms with Crippen molar-refractivity contribution in [3.63, 3.8) is 0 Å². The molecule has 3 N–H and O–H groups in total. The minimum Gasteiger partial charge on any atom is -0.381 e. The number of nitrogens with two attached hydrogens (primary N) is 1. The van der Waals surface area contributed by atoms with E-state index in [1.807, 2.05) is 4.90 Å². The number of ether oxygens (including phenoxy) is 2. The van der Waals surface area contributed by atoms with Crippen molar-refractivity contribution >= 4 is 0 Å². The van der Waals surface area contributed by atoms with Crippen molar-refractivity contribution < 1.29 is 14.6 Å². The summed E-state index contributed by atoms with van der Waals surface area (Å²) in [5, 5.41) is 9.59. The molecule has 0 bridgehead atoms. The summed E-state index contributed by atoms with van der Waals surface area (Å²) >= 11 is 0. The van der Waals surface area contributed by atoms with Crippen molar-refractivity contribution in [1.29, 1.82) is 0 Å². The number of methoxy groups -OCH3 is 1. The molecule has 0 aromatic rings. The Balaban J connectivity index is 2.32. The summed E-state index contributed by atoms with van der Waals surface area (Å²) in [6.07, 6.45) is -0.497. The zero-order valence-corrected chi connectivity index (χ0v) is 7.98. The van der Waals surface area contributed by atoms with Gasteiger partial charge in [-0.15, -0.1) is 0 Å². The number of nitrogens with zero attached hydrogens (tertiary/aromatic N) is 1. The monoisotopic (exact) mass is 190 g/mol. The van der Waals surface area contributed by atoms with Crippen LogP contribution >= 0.6 is 0 Å². The van der Waals surface area contributed by atoms with Crippen molar-refractivity contribution in [3.05, 3.63) is 0 Å². The van der Waals surface area contributed by atoms with Gasteiger partial charge in [-0.3, -0.25) is 4.90 Å². The van der Waals surface area contributed by atoms with Crippen LogP contribution in [0.25, 0.3) is 0 Å². The van der Waals surface area contributed by atoms with Gasteiger partial charge in [0, 0.05) is 26.7 Å². The Labute approximate surface area is 78.4 Å². The van der Waals surface area contributed by atoms with E-state index in [0.717, 1.165) is 6.54 Å². The van der Waals surface area contributed by atoms with E-state index in [0.29, 0.717) is 26.3 Å². The lowest BCUT2D eigenvalue weighted by atomic mass is 10.2. The van der Waals surface area contributed by atoms with Gasteiger partial charge in [-0.05, 0) is 0 Å².